The SMILES string of the molecule is CC(C)(C)OC(=O)N[C@@H](CCOc1cccc(C#N)c1)C(=O)OCc1ccccc1. The second-order valence-corrected chi connectivity index (χ2v) is 7.57. The Morgan fingerprint density at radius 1 is 1.10 bits per heavy atom. The van der Waals surface area contributed by atoms with E-state index in [4.69, 9.17) is 19.5 Å². The number of nitrogens with zero attached hydrogens (tertiary/aromatic N) is 1. The maximum absolute atomic E-state index is 12.6. The van der Waals surface area contributed by atoms with E-state index in [1.54, 1.807) is 45.0 Å². The van der Waals surface area contributed by atoms with Crippen molar-refractivity contribution in [3.05, 3.63) is 65.7 Å². The van der Waals surface area contributed by atoms with Crippen LogP contribution in [0.1, 0.15) is 38.3 Å². The Labute approximate surface area is 176 Å². The van der Waals surface area contributed by atoms with Gasteiger partial charge in [-0.05, 0) is 44.5 Å². The third-order valence-corrected chi connectivity index (χ3v) is 3.84. The minimum absolute atomic E-state index is 0.0945. The molecule has 30 heavy (non-hydrogen) atoms. The summed E-state index contributed by atoms with van der Waals surface area (Å²) in [4.78, 5) is 24.7. The van der Waals surface area contributed by atoms with Gasteiger partial charge in [-0.3, -0.25) is 0 Å². The van der Waals surface area contributed by atoms with Crippen LogP contribution in [0.3, 0.4) is 0 Å². The summed E-state index contributed by atoms with van der Waals surface area (Å²) < 4.78 is 16.2. The lowest BCUT2D eigenvalue weighted by Crippen LogP contribution is -2.45. The fraction of sp³-hybridized carbons (Fsp3) is 0.348. The van der Waals surface area contributed by atoms with Crippen LogP contribution < -0.4 is 10.1 Å². The summed E-state index contributed by atoms with van der Waals surface area (Å²) in [5.74, 6) is -0.0817. The van der Waals surface area contributed by atoms with E-state index < -0.39 is 23.7 Å². The summed E-state index contributed by atoms with van der Waals surface area (Å²) in [5.41, 5.74) is 0.612. The summed E-state index contributed by atoms with van der Waals surface area (Å²) in [6.45, 7) is 5.44. The standard InChI is InChI=1S/C23H26N2O5/c1-23(2,3)30-22(27)25-20(21(26)29-16-17-8-5-4-6-9-17)12-13-28-19-11-7-10-18(14-19)15-24/h4-11,14,20H,12-13,16H2,1-3H3,(H,25,27)/t20-/m0/s1. The lowest BCUT2D eigenvalue weighted by Gasteiger charge is -2.23. The summed E-state index contributed by atoms with van der Waals surface area (Å²) in [7, 11) is 0. The first-order valence-corrected chi connectivity index (χ1v) is 9.60. The number of hydrogen-bond acceptors (Lipinski definition) is 6. The Bertz CT molecular complexity index is 884. The minimum Gasteiger partial charge on any atom is -0.493 e. The van der Waals surface area contributed by atoms with E-state index >= 15 is 0 Å². The highest BCUT2D eigenvalue weighted by molar-refractivity contribution is 5.81. The molecule has 2 rings (SSSR count). The van der Waals surface area contributed by atoms with Crippen molar-refractivity contribution < 1.29 is 23.8 Å². The number of ether oxygens (including phenoxy) is 3. The number of rotatable bonds is 8. The van der Waals surface area contributed by atoms with Gasteiger partial charge in [-0.25, -0.2) is 9.59 Å². The quantitative estimate of drug-likeness (QED) is 0.662. The molecule has 1 amide bonds. The van der Waals surface area contributed by atoms with Gasteiger partial charge in [-0.15, -0.1) is 0 Å². The predicted molar refractivity (Wildman–Crippen MR) is 111 cm³/mol. The average molecular weight is 410 g/mol. The lowest BCUT2D eigenvalue weighted by molar-refractivity contribution is -0.147. The zero-order valence-corrected chi connectivity index (χ0v) is 17.4. The van der Waals surface area contributed by atoms with Crippen molar-refractivity contribution in [3.8, 4) is 11.8 Å². The number of nitrogens with one attached hydrogen (secondary N) is 1. The normalized spacial score (nSPS) is 11.7. The topological polar surface area (TPSA) is 97.6 Å². The first kappa shape index (κ1) is 22.8. The number of carbonyl (C=O) groups is 2. The molecule has 2 aromatic rings. The zero-order chi connectivity index (χ0) is 22.0. The van der Waals surface area contributed by atoms with Crippen molar-refractivity contribution in [2.45, 2.75) is 45.4 Å². The fourth-order valence-electron chi connectivity index (χ4n) is 2.48. The first-order valence-electron chi connectivity index (χ1n) is 9.60. The molecule has 0 unspecified atom stereocenters. The van der Waals surface area contributed by atoms with Gasteiger partial charge in [0.1, 0.15) is 24.0 Å². The number of hydrogen-bond donors (Lipinski definition) is 1. The molecule has 0 aromatic heterocycles. The van der Waals surface area contributed by atoms with Gasteiger partial charge in [0, 0.05) is 6.42 Å². The van der Waals surface area contributed by atoms with E-state index in [1.165, 1.54) is 0 Å². The van der Waals surface area contributed by atoms with Crippen LogP contribution in [0, 0.1) is 11.3 Å². The van der Waals surface area contributed by atoms with Crippen LogP contribution in [0.25, 0.3) is 0 Å². The highest BCUT2D eigenvalue weighted by atomic mass is 16.6. The van der Waals surface area contributed by atoms with Gasteiger partial charge in [-0.2, -0.15) is 5.26 Å². The van der Waals surface area contributed by atoms with Gasteiger partial charge < -0.3 is 19.5 Å². The summed E-state index contributed by atoms with van der Waals surface area (Å²) in [5, 5.41) is 11.5. The molecule has 1 atom stereocenters. The van der Waals surface area contributed by atoms with Crippen LogP contribution >= 0.6 is 0 Å². The van der Waals surface area contributed by atoms with Gasteiger partial charge >= 0.3 is 12.1 Å². The van der Waals surface area contributed by atoms with Crippen molar-refractivity contribution in [2.75, 3.05) is 6.61 Å². The molecule has 1 N–H and O–H groups in total. The van der Waals surface area contributed by atoms with E-state index in [-0.39, 0.29) is 19.6 Å². The largest absolute Gasteiger partial charge is 0.493 e. The molecule has 158 valence electrons. The van der Waals surface area contributed by atoms with Gasteiger partial charge in [0.25, 0.3) is 0 Å². The fourth-order valence-corrected chi connectivity index (χ4v) is 2.48. The molecular weight excluding hydrogens is 384 g/mol. The molecule has 7 nitrogen and oxygen atoms in total. The molecule has 0 aliphatic carbocycles. The Morgan fingerprint density at radius 2 is 1.83 bits per heavy atom. The third kappa shape index (κ3) is 8.23. The highest BCUT2D eigenvalue weighted by Gasteiger charge is 2.25. The molecule has 0 saturated carbocycles. The van der Waals surface area contributed by atoms with Crippen LogP contribution in [0.4, 0.5) is 4.79 Å². The van der Waals surface area contributed by atoms with Crippen molar-refractivity contribution in [1.29, 1.82) is 5.26 Å². The van der Waals surface area contributed by atoms with Gasteiger partial charge in [-0.1, -0.05) is 36.4 Å². The minimum atomic E-state index is -0.942. The van der Waals surface area contributed by atoms with Crippen molar-refractivity contribution in [3.63, 3.8) is 0 Å². The average Bonchev–Trinajstić information content (AvgIpc) is 2.71. The Balaban J connectivity index is 1.97. The van der Waals surface area contributed by atoms with Crippen LogP contribution in [-0.4, -0.2) is 30.3 Å². The van der Waals surface area contributed by atoms with Crippen LogP contribution in [0.15, 0.2) is 54.6 Å². The lowest BCUT2D eigenvalue weighted by atomic mass is 10.2. The monoisotopic (exact) mass is 410 g/mol. The van der Waals surface area contributed by atoms with E-state index in [1.807, 2.05) is 36.4 Å². The molecule has 0 saturated heterocycles. The number of benzene rings is 2. The first-order chi connectivity index (χ1) is 14.3. The third-order valence-electron chi connectivity index (χ3n) is 3.84. The Kier molecular flexibility index (Phi) is 8.24. The van der Waals surface area contributed by atoms with E-state index in [2.05, 4.69) is 5.32 Å². The summed E-state index contributed by atoms with van der Waals surface area (Å²) in [6.07, 6.45) is -0.542. The van der Waals surface area contributed by atoms with Gasteiger partial charge in [0.05, 0.1) is 18.2 Å². The molecule has 2 aromatic carbocycles. The van der Waals surface area contributed by atoms with Crippen molar-refractivity contribution in [2.24, 2.45) is 0 Å². The molecule has 0 heterocycles. The molecule has 0 aliphatic rings. The van der Waals surface area contributed by atoms with Crippen molar-refractivity contribution in [1.82, 2.24) is 5.32 Å². The van der Waals surface area contributed by atoms with Crippen molar-refractivity contribution >= 4 is 12.1 Å². The van der Waals surface area contributed by atoms with E-state index in [9.17, 15) is 9.59 Å². The molecule has 0 aliphatic heterocycles. The number of nitriles is 1. The maximum atomic E-state index is 12.6. The van der Waals surface area contributed by atoms with Gasteiger partial charge in [0.2, 0.25) is 0 Å². The number of alkyl carbamates (subject to hydrolysis) is 1. The van der Waals surface area contributed by atoms with Gasteiger partial charge in [0.15, 0.2) is 0 Å². The summed E-state index contributed by atoms with van der Waals surface area (Å²) in [6, 6.07) is 17.0. The van der Waals surface area contributed by atoms with Crippen LogP contribution in [-0.2, 0) is 20.9 Å². The second-order valence-electron chi connectivity index (χ2n) is 7.57. The Morgan fingerprint density at radius 3 is 2.50 bits per heavy atom. The molecule has 0 radical (unpaired) electrons. The number of esters is 1. The van der Waals surface area contributed by atoms with E-state index in [0.29, 0.717) is 11.3 Å². The number of carbonyl (C=O) groups excluding carboxylic acids is 2. The molecule has 0 bridgehead atoms. The maximum Gasteiger partial charge on any atom is 0.408 e. The second kappa shape index (κ2) is 10.9. The molecule has 7 heteroatoms. The zero-order valence-electron chi connectivity index (χ0n) is 17.4. The summed E-state index contributed by atoms with van der Waals surface area (Å²) >= 11 is 0. The highest BCUT2D eigenvalue weighted by Crippen LogP contribution is 2.14. The molecule has 0 fully saturated rings. The van der Waals surface area contributed by atoms with Crippen LogP contribution in [0.5, 0.6) is 5.75 Å². The molecular formula is C23H26N2O5. The predicted octanol–water partition coefficient (Wildman–Crippen LogP) is 3.96. The van der Waals surface area contributed by atoms with Crippen LogP contribution in [0.2, 0.25) is 0 Å². The Hall–Kier alpha value is -3.53. The van der Waals surface area contributed by atoms with E-state index in [0.717, 1.165) is 5.56 Å². The number of amides is 1. The molecule has 0 spiro atoms. The smallest absolute Gasteiger partial charge is 0.408 e.